The Balaban J connectivity index is 1.98. The highest BCUT2D eigenvalue weighted by Gasteiger charge is 2.36. The van der Waals surface area contributed by atoms with E-state index in [-0.39, 0.29) is 48.0 Å². The van der Waals surface area contributed by atoms with Crippen LogP contribution in [0.2, 0.25) is 19.6 Å². The molecule has 12 heteroatoms. The highest BCUT2D eigenvalue weighted by Crippen LogP contribution is 2.33. The summed E-state index contributed by atoms with van der Waals surface area (Å²) in [7, 11) is -5.85. The number of rotatable bonds is 8. The van der Waals surface area contributed by atoms with Crippen molar-refractivity contribution in [2.24, 2.45) is 0 Å². The molecule has 0 saturated heterocycles. The normalized spacial score (nSPS) is 15.7. The van der Waals surface area contributed by atoms with Crippen molar-refractivity contribution in [3.05, 3.63) is 53.1 Å². The van der Waals surface area contributed by atoms with Gasteiger partial charge in [-0.1, -0.05) is 25.7 Å². The Labute approximate surface area is 215 Å². The fourth-order valence-corrected chi connectivity index (χ4v) is 6.74. The van der Waals surface area contributed by atoms with Gasteiger partial charge in [0.25, 0.3) is 5.91 Å². The van der Waals surface area contributed by atoms with Crippen molar-refractivity contribution in [3.63, 3.8) is 0 Å². The van der Waals surface area contributed by atoms with Crippen LogP contribution in [0.3, 0.4) is 0 Å². The molecule has 8 nitrogen and oxygen atoms in total. The number of carbonyl (C=O) groups is 3. The highest BCUT2D eigenvalue weighted by molar-refractivity contribution is 7.90. The number of carbonyl (C=O) groups excluding carboxylic acids is 2. The van der Waals surface area contributed by atoms with Crippen LogP contribution in [0.4, 0.5) is 14.5 Å². The molecule has 2 amide bonds. The number of carboxylic acid groups (broad SMARTS) is 1. The van der Waals surface area contributed by atoms with E-state index in [1.807, 2.05) is 0 Å². The molecule has 37 heavy (non-hydrogen) atoms. The first-order valence-electron chi connectivity index (χ1n) is 11.7. The predicted molar refractivity (Wildman–Crippen MR) is 137 cm³/mol. The monoisotopic (exact) mass is 552 g/mol. The Kier molecular flexibility index (Phi) is 8.23. The predicted octanol–water partition coefficient (Wildman–Crippen LogP) is 3.23. The molecule has 2 N–H and O–H groups in total. The number of amides is 2. The van der Waals surface area contributed by atoms with Crippen LogP contribution in [0, 0.1) is 11.6 Å². The molecule has 200 valence electrons. The van der Waals surface area contributed by atoms with Gasteiger partial charge in [-0.15, -0.1) is 0 Å². The van der Waals surface area contributed by atoms with Crippen LogP contribution < -0.4 is 10.5 Å². The number of hydrogen-bond donors (Lipinski definition) is 2. The van der Waals surface area contributed by atoms with Crippen molar-refractivity contribution in [1.82, 2.24) is 4.90 Å². The van der Waals surface area contributed by atoms with Gasteiger partial charge in [0.2, 0.25) is 5.91 Å². The minimum absolute atomic E-state index is 0.0112. The highest BCUT2D eigenvalue weighted by atomic mass is 32.2. The smallest absolute Gasteiger partial charge is 0.303 e. The van der Waals surface area contributed by atoms with E-state index in [9.17, 15) is 31.6 Å². The molecule has 0 fully saturated rings. The number of hydrogen-bond acceptors (Lipinski definition) is 5. The third kappa shape index (κ3) is 6.61. The molecule has 0 bridgehead atoms. The zero-order chi connectivity index (χ0) is 27.7. The Morgan fingerprint density at radius 2 is 1.70 bits per heavy atom. The van der Waals surface area contributed by atoms with Crippen LogP contribution in [-0.4, -0.2) is 57.1 Å². The van der Waals surface area contributed by atoms with Crippen molar-refractivity contribution >= 4 is 46.6 Å². The quantitative estimate of drug-likeness (QED) is 0.485. The Bertz CT molecular complexity index is 1330. The fraction of sp³-hybridized carbons (Fsp3) is 0.400. The topological polar surface area (TPSA) is 121 Å². The Hall–Kier alpha value is -3.12. The van der Waals surface area contributed by atoms with Crippen molar-refractivity contribution in [3.8, 4) is 0 Å². The standard InChI is InChI=1S/C25H30F2N2O6SSi/c1-36(34,35)17-8-9-18-15(12-17)10-11-29(21(30)6-5-7-22(31)32)23(18)25(33)28-16-13-19(26)24(20(27)14-16)37(2,3)4/h8-9,12-14,23H,5-7,10-11H2,1-4H3,(H,28,33)(H,31,32)/t23-/m1/s1. The molecule has 0 radical (unpaired) electrons. The van der Waals surface area contributed by atoms with E-state index in [1.165, 1.54) is 23.1 Å². The maximum absolute atomic E-state index is 14.8. The summed E-state index contributed by atoms with van der Waals surface area (Å²) < 4.78 is 53.6. The van der Waals surface area contributed by atoms with Gasteiger partial charge in [-0.3, -0.25) is 14.4 Å². The molecule has 1 atom stereocenters. The average molecular weight is 553 g/mol. The molecule has 0 spiro atoms. The molecule has 2 aromatic rings. The summed E-state index contributed by atoms with van der Waals surface area (Å²) in [6, 6.07) is 5.15. The largest absolute Gasteiger partial charge is 0.481 e. The second-order valence-corrected chi connectivity index (χ2v) is 17.2. The van der Waals surface area contributed by atoms with Crippen LogP contribution in [0.15, 0.2) is 35.2 Å². The van der Waals surface area contributed by atoms with E-state index in [2.05, 4.69) is 5.32 Å². The number of sulfone groups is 1. The van der Waals surface area contributed by atoms with E-state index in [1.54, 1.807) is 19.6 Å². The maximum atomic E-state index is 14.8. The molecule has 0 saturated carbocycles. The Morgan fingerprint density at radius 1 is 1.08 bits per heavy atom. The number of benzene rings is 2. The average Bonchev–Trinajstić information content (AvgIpc) is 2.75. The van der Waals surface area contributed by atoms with E-state index >= 15 is 0 Å². The van der Waals surface area contributed by atoms with Gasteiger partial charge in [-0.05, 0) is 48.2 Å². The molecule has 1 aliphatic heterocycles. The number of fused-ring (bicyclic) bond motifs is 1. The van der Waals surface area contributed by atoms with Crippen molar-refractivity contribution in [1.29, 1.82) is 0 Å². The second kappa shape index (κ2) is 10.7. The van der Waals surface area contributed by atoms with E-state index < -0.39 is 53.4 Å². The summed E-state index contributed by atoms with van der Waals surface area (Å²) in [4.78, 5) is 38.7. The summed E-state index contributed by atoms with van der Waals surface area (Å²) in [6.07, 6.45) is 1.09. The number of anilines is 1. The van der Waals surface area contributed by atoms with Crippen molar-refractivity contribution < 1.29 is 36.7 Å². The number of halogens is 2. The first kappa shape index (κ1) is 28.4. The van der Waals surface area contributed by atoms with Crippen LogP contribution in [-0.2, 0) is 30.6 Å². The number of nitrogens with zero attached hydrogens (tertiary/aromatic N) is 1. The van der Waals surface area contributed by atoms with Crippen molar-refractivity contribution in [2.75, 3.05) is 18.1 Å². The molecule has 1 heterocycles. The summed E-state index contributed by atoms with van der Waals surface area (Å²) in [5.74, 6) is -3.76. The molecule has 0 aromatic heterocycles. The van der Waals surface area contributed by atoms with Gasteiger partial charge < -0.3 is 15.3 Å². The summed E-state index contributed by atoms with van der Waals surface area (Å²) >= 11 is 0. The zero-order valence-electron chi connectivity index (χ0n) is 21.1. The van der Waals surface area contributed by atoms with Crippen LogP contribution >= 0.6 is 0 Å². The molecular formula is C25H30F2N2O6SSi. The third-order valence-electron chi connectivity index (χ3n) is 6.18. The number of nitrogens with one attached hydrogen (secondary N) is 1. The van der Waals surface area contributed by atoms with Crippen molar-refractivity contribution in [2.45, 2.75) is 56.3 Å². The molecule has 0 aliphatic carbocycles. The van der Waals surface area contributed by atoms with Gasteiger partial charge in [0.05, 0.1) is 13.0 Å². The SMILES string of the molecule is C[Si](C)(C)c1c(F)cc(NC(=O)[C@H]2c3ccc(S(C)(=O)=O)cc3CCN2C(=O)CCCC(=O)O)cc1F. The minimum atomic E-state index is -3.52. The third-order valence-corrected chi connectivity index (χ3v) is 9.27. The van der Waals surface area contributed by atoms with Gasteiger partial charge in [-0.2, -0.15) is 0 Å². The van der Waals surface area contributed by atoms with Crippen LogP contribution in [0.1, 0.15) is 36.4 Å². The lowest BCUT2D eigenvalue weighted by atomic mass is 9.91. The molecular weight excluding hydrogens is 522 g/mol. The summed E-state index contributed by atoms with van der Waals surface area (Å²) in [5.41, 5.74) is 0.839. The number of aliphatic carboxylic acids is 1. The fourth-order valence-electron chi connectivity index (χ4n) is 4.49. The summed E-state index contributed by atoms with van der Waals surface area (Å²) in [6.45, 7) is 5.47. The van der Waals surface area contributed by atoms with Gasteiger partial charge in [0.15, 0.2) is 9.84 Å². The second-order valence-electron chi connectivity index (χ2n) is 10.2. The lowest BCUT2D eigenvalue weighted by Gasteiger charge is -2.36. The van der Waals surface area contributed by atoms with Gasteiger partial charge >= 0.3 is 5.97 Å². The van der Waals surface area contributed by atoms with E-state index in [4.69, 9.17) is 5.11 Å². The molecule has 3 rings (SSSR count). The summed E-state index contributed by atoms with van der Waals surface area (Å²) in [5, 5.41) is 11.4. The lowest BCUT2D eigenvalue weighted by Crippen LogP contribution is -2.45. The van der Waals surface area contributed by atoms with Crippen LogP contribution in [0.25, 0.3) is 0 Å². The van der Waals surface area contributed by atoms with E-state index in [0.29, 0.717) is 11.1 Å². The molecule has 2 aromatic carbocycles. The lowest BCUT2D eigenvalue weighted by molar-refractivity contribution is -0.140. The zero-order valence-corrected chi connectivity index (χ0v) is 22.9. The first-order valence-corrected chi connectivity index (χ1v) is 17.1. The Morgan fingerprint density at radius 3 is 2.24 bits per heavy atom. The number of carboxylic acids is 1. The van der Waals surface area contributed by atoms with E-state index in [0.717, 1.165) is 18.4 Å². The van der Waals surface area contributed by atoms with Crippen LogP contribution in [0.5, 0.6) is 0 Å². The van der Waals surface area contributed by atoms with Gasteiger partial charge in [0.1, 0.15) is 17.7 Å². The van der Waals surface area contributed by atoms with Gasteiger partial charge in [0, 0.05) is 36.5 Å². The first-order chi connectivity index (χ1) is 17.1. The maximum Gasteiger partial charge on any atom is 0.303 e. The minimum Gasteiger partial charge on any atom is -0.481 e. The molecule has 1 aliphatic rings. The molecule has 0 unspecified atom stereocenters. The van der Waals surface area contributed by atoms with Gasteiger partial charge in [-0.25, -0.2) is 17.2 Å².